The van der Waals surface area contributed by atoms with Crippen LogP contribution in [0.5, 0.6) is 0 Å². The largest absolute Gasteiger partial charge is 0.330 e. The molecule has 0 aliphatic carbocycles. The Labute approximate surface area is 108 Å². The molecule has 2 aromatic rings. The topological polar surface area (TPSA) is 29.9 Å². The molecule has 3 nitrogen and oxygen atoms in total. The maximum Gasteiger partial charge on any atom is 0.0955 e. The number of nitrogens with one attached hydrogen (secondary N) is 1. The standard InChI is InChI=1S/C15H19N3/c1-11-5-3-4-6-13(11)9-18-10-17-15-12(2)16-8-7-14(15)18/h3-6,10,12,16H,7-9H2,1-2H3. The van der Waals surface area contributed by atoms with E-state index in [0.717, 1.165) is 19.5 Å². The minimum absolute atomic E-state index is 0.381. The van der Waals surface area contributed by atoms with Gasteiger partial charge in [0.05, 0.1) is 12.0 Å². The smallest absolute Gasteiger partial charge is 0.0955 e. The van der Waals surface area contributed by atoms with Crippen LogP contribution < -0.4 is 5.32 Å². The highest BCUT2D eigenvalue weighted by Crippen LogP contribution is 2.22. The van der Waals surface area contributed by atoms with E-state index in [9.17, 15) is 0 Å². The number of rotatable bonds is 2. The summed E-state index contributed by atoms with van der Waals surface area (Å²) in [4.78, 5) is 4.56. The summed E-state index contributed by atoms with van der Waals surface area (Å²) in [7, 11) is 0. The monoisotopic (exact) mass is 241 g/mol. The van der Waals surface area contributed by atoms with E-state index in [4.69, 9.17) is 0 Å². The van der Waals surface area contributed by atoms with Crippen LogP contribution in [0.4, 0.5) is 0 Å². The number of fused-ring (bicyclic) bond motifs is 1. The molecule has 0 saturated heterocycles. The van der Waals surface area contributed by atoms with E-state index in [1.165, 1.54) is 22.5 Å². The molecule has 0 spiro atoms. The van der Waals surface area contributed by atoms with Crippen LogP contribution in [0, 0.1) is 6.92 Å². The third kappa shape index (κ3) is 1.95. The molecular weight excluding hydrogens is 222 g/mol. The lowest BCUT2D eigenvalue weighted by atomic mass is 10.1. The SMILES string of the molecule is Cc1ccccc1Cn1cnc2c1CCNC2C. The van der Waals surface area contributed by atoms with Crippen molar-refractivity contribution >= 4 is 0 Å². The van der Waals surface area contributed by atoms with E-state index in [1.807, 2.05) is 6.33 Å². The maximum absolute atomic E-state index is 4.56. The van der Waals surface area contributed by atoms with Gasteiger partial charge in [0.1, 0.15) is 0 Å². The number of hydrogen-bond acceptors (Lipinski definition) is 2. The summed E-state index contributed by atoms with van der Waals surface area (Å²) in [5, 5.41) is 3.45. The van der Waals surface area contributed by atoms with Gasteiger partial charge in [-0.25, -0.2) is 4.98 Å². The molecular formula is C15H19N3. The lowest BCUT2D eigenvalue weighted by Gasteiger charge is -2.21. The second-order valence-electron chi connectivity index (χ2n) is 5.06. The van der Waals surface area contributed by atoms with Gasteiger partial charge in [-0.3, -0.25) is 0 Å². The molecule has 0 bridgehead atoms. The first-order valence-electron chi connectivity index (χ1n) is 6.57. The Morgan fingerprint density at radius 3 is 3.06 bits per heavy atom. The lowest BCUT2D eigenvalue weighted by Crippen LogP contribution is -2.29. The molecule has 1 aromatic carbocycles. The molecule has 0 radical (unpaired) electrons. The molecule has 94 valence electrons. The van der Waals surface area contributed by atoms with Gasteiger partial charge in [-0.1, -0.05) is 24.3 Å². The fraction of sp³-hybridized carbons (Fsp3) is 0.400. The number of aryl methyl sites for hydroxylation is 1. The van der Waals surface area contributed by atoms with Gasteiger partial charge in [-0.05, 0) is 25.0 Å². The molecule has 2 heterocycles. The fourth-order valence-corrected chi connectivity index (χ4v) is 2.67. The van der Waals surface area contributed by atoms with E-state index in [2.05, 4.69) is 53.0 Å². The van der Waals surface area contributed by atoms with Crippen LogP contribution in [0.3, 0.4) is 0 Å². The van der Waals surface area contributed by atoms with Crippen LogP contribution in [-0.2, 0) is 13.0 Å². The van der Waals surface area contributed by atoms with Crippen LogP contribution in [0.15, 0.2) is 30.6 Å². The summed E-state index contributed by atoms with van der Waals surface area (Å²) in [6.07, 6.45) is 3.06. The van der Waals surface area contributed by atoms with Crippen LogP contribution in [-0.4, -0.2) is 16.1 Å². The normalized spacial score (nSPS) is 18.7. The van der Waals surface area contributed by atoms with Crippen molar-refractivity contribution in [2.75, 3.05) is 6.54 Å². The molecule has 0 fully saturated rings. The average molecular weight is 241 g/mol. The minimum Gasteiger partial charge on any atom is -0.330 e. The van der Waals surface area contributed by atoms with Crippen molar-refractivity contribution in [1.82, 2.24) is 14.9 Å². The second kappa shape index (κ2) is 4.58. The second-order valence-corrected chi connectivity index (χ2v) is 5.06. The maximum atomic E-state index is 4.56. The molecule has 3 rings (SSSR count). The van der Waals surface area contributed by atoms with Gasteiger partial charge in [0.2, 0.25) is 0 Å². The summed E-state index contributed by atoms with van der Waals surface area (Å²) in [5.41, 5.74) is 5.34. The Morgan fingerprint density at radius 1 is 1.39 bits per heavy atom. The van der Waals surface area contributed by atoms with E-state index >= 15 is 0 Å². The predicted octanol–water partition coefficient (Wildman–Crippen LogP) is 2.45. The highest BCUT2D eigenvalue weighted by Gasteiger charge is 2.20. The number of imidazole rings is 1. The van der Waals surface area contributed by atoms with Crippen LogP contribution >= 0.6 is 0 Å². The Hall–Kier alpha value is -1.61. The van der Waals surface area contributed by atoms with Gasteiger partial charge in [0, 0.05) is 31.2 Å². The highest BCUT2D eigenvalue weighted by atomic mass is 15.1. The first-order chi connectivity index (χ1) is 8.75. The first kappa shape index (κ1) is 11.5. The Bertz CT molecular complexity index is 557. The Balaban J connectivity index is 1.92. The Kier molecular flexibility index (Phi) is 2.92. The molecule has 18 heavy (non-hydrogen) atoms. The van der Waals surface area contributed by atoms with Crippen molar-refractivity contribution in [1.29, 1.82) is 0 Å². The number of hydrogen-bond donors (Lipinski definition) is 1. The van der Waals surface area contributed by atoms with Crippen molar-refractivity contribution in [3.05, 3.63) is 53.1 Å². The molecule has 1 aromatic heterocycles. The summed E-state index contributed by atoms with van der Waals surface area (Å²) < 4.78 is 2.30. The van der Waals surface area contributed by atoms with Gasteiger partial charge in [0.15, 0.2) is 0 Å². The third-order valence-corrected chi connectivity index (χ3v) is 3.80. The summed E-state index contributed by atoms with van der Waals surface area (Å²) in [6, 6.07) is 8.95. The van der Waals surface area contributed by atoms with Gasteiger partial charge in [0.25, 0.3) is 0 Å². The predicted molar refractivity (Wildman–Crippen MR) is 72.6 cm³/mol. The van der Waals surface area contributed by atoms with Gasteiger partial charge in [-0.15, -0.1) is 0 Å². The van der Waals surface area contributed by atoms with Crippen LogP contribution in [0.25, 0.3) is 0 Å². The summed E-state index contributed by atoms with van der Waals surface area (Å²) in [5.74, 6) is 0. The van der Waals surface area contributed by atoms with Crippen molar-refractivity contribution < 1.29 is 0 Å². The number of nitrogens with zero attached hydrogens (tertiary/aromatic N) is 2. The van der Waals surface area contributed by atoms with Crippen molar-refractivity contribution in [2.24, 2.45) is 0 Å². The van der Waals surface area contributed by atoms with E-state index < -0.39 is 0 Å². The van der Waals surface area contributed by atoms with E-state index in [-0.39, 0.29) is 0 Å². The molecule has 1 unspecified atom stereocenters. The minimum atomic E-state index is 0.381. The molecule has 1 atom stereocenters. The summed E-state index contributed by atoms with van der Waals surface area (Å²) >= 11 is 0. The van der Waals surface area contributed by atoms with Gasteiger partial charge >= 0.3 is 0 Å². The molecule has 1 aliphatic heterocycles. The van der Waals surface area contributed by atoms with Crippen molar-refractivity contribution in [2.45, 2.75) is 32.9 Å². The lowest BCUT2D eigenvalue weighted by molar-refractivity contribution is 0.516. The first-order valence-corrected chi connectivity index (χ1v) is 6.57. The zero-order valence-electron chi connectivity index (χ0n) is 11.0. The van der Waals surface area contributed by atoms with Gasteiger partial charge in [-0.2, -0.15) is 0 Å². The highest BCUT2D eigenvalue weighted by molar-refractivity contribution is 5.28. The van der Waals surface area contributed by atoms with Crippen molar-refractivity contribution in [3.63, 3.8) is 0 Å². The van der Waals surface area contributed by atoms with Gasteiger partial charge < -0.3 is 9.88 Å². The zero-order valence-corrected chi connectivity index (χ0v) is 11.0. The van der Waals surface area contributed by atoms with E-state index in [0.29, 0.717) is 6.04 Å². The molecule has 0 amide bonds. The molecule has 1 aliphatic rings. The quantitative estimate of drug-likeness (QED) is 0.875. The molecule has 3 heteroatoms. The number of aromatic nitrogens is 2. The average Bonchev–Trinajstić information content (AvgIpc) is 2.77. The van der Waals surface area contributed by atoms with Crippen LogP contribution in [0.1, 0.15) is 35.5 Å². The molecule has 1 N–H and O–H groups in total. The Morgan fingerprint density at radius 2 is 2.22 bits per heavy atom. The van der Waals surface area contributed by atoms with Crippen molar-refractivity contribution in [3.8, 4) is 0 Å². The zero-order chi connectivity index (χ0) is 12.5. The number of benzene rings is 1. The fourth-order valence-electron chi connectivity index (χ4n) is 2.67. The molecule has 0 saturated carbocycles. The third-order valence-electron chi connectivity index (χ3n) is 3.80. The van der Waals surface area contributed by atoms with Crippen LogP contribution in [0.2, 0.25) is 0 Å². The van der Waals surface area contributed by atoms with E-state index in [1.54, 1.807) is 0 Å². The summed E-state index contributed by atoms with van der Waals surface area (Å²) in [6.45, 7) is 6.33.